The highest BCUT2D eigenvalue weighted by molar-refractivity contribution is 7.90. The Morgan fingerprint density at radius 3 is 2.42 bits per heavy atom. The molecule has 0 radical (unpaired) electrons. The van der Waals surface area contributed by atoms with Crippen LogP contribution in [0.5, 0.6) is 0 Å². The largest absolute Gasteiger partial charge is 0.352 e. The lowest BCUT2D eigenvalue weighted by atomic mass is 10.1. The molecule has 0 saturated heterocycles. The van der Waals surface area contributed by atoms with Crippen LogP contribution >= 0.6 is 23.2 Å². The summed E-state index contributed by atoms with van der Waals surface area (Å²) in [7, 11) is -3.96. The molecule has 8 nitrogen and oxygen atoms in total. The number of nitrogens with zero attached hydrogens (tertiary/aromatic N) is 2. The van der Waals surface area contributed by atoms with Gasteiger partial charge in [-0.15, -0.1) is 0 Å². The van der Waals surface area contributed by atoms with Crippen molar-refractivity contribution in [3.8, 4) is 0 Å². The minimum atomic E-state index is -3.96. The Bertz CT molecular complexity index is 1270. The standard InChI is InChI=1S/C25H29Cl2N3O5S/c1-4-21(24(32)28-16(2)3)29(15-17-11-12-18(26)14-20(17)27)23(31)10-7-13-30-25(33)19-8-5-6-9-22(19)36(30,34)35/h5-6,8-9,11-12,14,16,21H,4,7,10,13,15H2,1-3H3,(H,28,32)/t21-/m1/s1. The quantitative estimate of drug-likeness (QED) is 0.473. The van der Waals surface area contributed by atoms with Crippen LogP contribution in [0.25, 0.3) is 0 Å². The van der Waals surface area contributed by atoms with Crippen molar-refractivity contribution in [2.24, 2.45) is 0 Å². The van der Waals surface area contributed by atoms with Gasteiger partial charge < -0.3 is 10.2 Å². The molecule has 3 rings (SSSR count). The maximum atomic E-state index is 13.4. The zero-order valence-corrected chi connectivity index (χ0v) is 22.7. The van der Waals surface area contributed by atoms with Gasteiger partial charge in [0.2, 0.25) is 11.8 Å². The van der Waals surface area contributed by atoms with E-state index < -0.39 is 22.0 Å². The van der Waals surface area contributed by atoms with E-state index in [0.717, 1.165) is 4.31 Å². The number of sulfonamides is 1. The summed E-state index contributed by atoms with van der Waals surface area (Å²) < 4.78 is 26.4. The van der Waals surface area contributed by atoms with E-state index in [9.17, 15) is 22.8 Å². The van der Waals surface area contributed by atoms with Gasteiger partial charge in [-0.05, 0) is 56.5 Å². The minimum absolute atomic E-state index is 0.0308. The van der Waals surface area contributed by atoms with Gasteiger partial charge >= 0.3 is 0 Å². The number of carbonyl (C=O) groups excluding carboxylic acids is 3. The highest BCUT2D eigenvalue weighted by Crippen LogP contribution is 2.30. The highest BCUT2D eigenvalue weighted by Gasteiger charge is 2.40. The second kappa shape index (κ2) is 11.6. The van der Waals surface area contributed by atoms with Gasteiger partial charge in [-0.3, -0.25) is 14.4 Å². The Balaban J connectivity index is 1.77. The van der Waals surface area contributed by atoms with Gasteiger partial charge in [0.05, 0.1) is 5.56 Å². The highest BCUT2D eigenvalue weighted by atomic mass is 35.5. The van der Waals surface area contributed by atoms with Gasteiger partial charge in [-0.2, -0.15) is 0 Å². The summed E-state index contributed by atoms with van der Waals surface area (Å²) in [6.45, 7) is 5.40. The number of fused-ring (bicyclic) bond motifs is 1. The molecule has 194 valence electrons. The molecule has 1 heterocycles. The lowest BCUT2D eigenvalue weighted by molar-refractivity contribution is -0.141. The number of carbonyl (C=O) groups is 3. The van der Waals surface area contributed by atoms with Crippen LogP contribution < -0.4 is 5.32 Å². The van der Waals surface area contributed by atoms with Gasteiger partial charge in [0.1, 0.15) is 10.9 Å². The Hall–Kier alpha value is -2.62. The first-order chi connectivity index (χ1) is 17.0. The first kappa shape index (κ1) is 28.0. The molecule has 2 aromatic carbocycles. The van der Waals surface area contributed by atoms with Gasteiger partial charge in [-0.25, -0.2) is 12.7 Å². The number of hydrogen-bond donors (Lipinski definition) is 1. The molecule has 0 spiro atoms. The van der Waals surface area contributed by atoms with Crippen molar-refractivity contribution in [3.63, 3.8) is 0 Å². The fourth-order valence-electron chi connectivity index (χ4n) is 4.10. The smallest absolute Gasteiger partial charge is 0.269 e. The molecule has 1 aliphatic heterocycles. The molecule has 0 aliphatic carbocycles. The third-order valence-corrected chi connectivity index (χ3v) is 8.26. The van der Waals surface area contributed by atoms with E-state index in [1.54, 1.807) is 37.3 Å². The summed E-state index contributed by atoms with van der Waals surface area (Å²) in [4.78, 5) is 40.3. The predicted molar refractivity (Wildman–Crippen MR) is 138 cm³/mol. The Kier molecular flexibility index (Phi) is 9.03. The number of nitrogens with one attached hydrogen (secondary N) is 1. The third kappa shape index (κ3) is 6.02. The zero-order chi connectivity index (χ0) is 26.6. The van der Waals surface area contributed by atoms with Crippen molar-refractivity contribution in [1.29, 1.82) is 0 Å². The maximum Gasteiger partial charge on any atom is 0.269 e. The van der Waals surface area contributed by atoms with Crippen LogP contribution in [0.4, 0.5) is 0 Å². The lowest BCUT2D eigenvalue weighted by Crippen LogP contribution is -2.50. The molecule has 0 fully saturated rings. The van der Waals surface area contributed by atoms with Crippen LogP contribution in [-0.4, -0.2) is 54.0 Å². The zero-order valence-electron chi connectivity index (χ0n) is 20.3. The number of amides is 3. The van der Waals surface area contributed by atoms with E-state index in [1.165, 1.54) is 17.0 Å². The summed E-state index contributed by atoms with van der Waals surface area (Å²) in [5.74, 6) is -1.25. The molecule has 3 amide bonds. The normalized spacial score (nSPS) is 15.1. The summed E-state index contributed by atoms with van der Waals surface area (Å²) in [6.07, 6.45) is 0.404. The number of rotatable bonds is 10. The molecule has 1 aliphatic rings. The first-order valence-corrected chi connectivity index (χ1v) is 13.9. The van der Waals surface area contributed by atoms with Gasteiger partial charge in [0.25, 0.3) is 15.9 Å². The molecule has 11 heteroatoms. The van der Waals surface area contributed by atoms with Crippen molar-refractivity contribution < 1.29 is 22.8 Å². The Morgan fingerprint density at radius 2 is 1.81 bits per heavy atom. The summed E-state index contributed by atoms with van der Waals surface area (Å²) in [5, 5.41) is 3.66. The molecule has 0 bridgehead atoms. The molecular weight excluding hydrogens is 525 g/mol. The molecule has 0 aromatic heterocycles. The van der Waals surface area contributed by atoms with E-state index in [1.807, 2.05) is 13.8 Å². The monoisotopic (exact) mass is 553 g/mol. The van der Waals surface area contributed by atoms with Crippen molar-refractivity contribution in [2.75, 3.05) is 6.54 Å². The lowest BCUT2D eigenvalue weighted by Gasteiger charge is -2.31. The van der Waals surface area contributed by atoms with E-state index in [2.05, 4.69) is 5.32 Å². The molecule has 0 saturated carbocycles. The summed E-state index contributed by atoms with van der Waals surface area (Å²) in [5.41, 5.74) is 0.747. The summed E-state index contributed by atoms with van der Waals surface area (Å²) in [6, 6.07) is 10.1. The Labute approximate surface area is 221 Å². The fraction of sp³-hybridized carbons (Fsp3) is 0.400. The fourth-order valence-corrected chi connectivity index (χ4v) is 6.18. The van der Waals surface area contributed by atoms with Crippen LogP contribution in [0.1, 0.15) is 56.0 Å². The van der Waals surface area contributed by atoms with Gasteiger partial charge in [0, 0.05) is 35.6 Å². The second-order valence-corrected chi connectivity index (χ2v) is 11.5. The van der Waals surface area contributed by atoms with Gasteiger partial charge in [-0.1, -0.05) is 48.3 Å². The average Bonchev–Trinajstić information content (AvgIpc) is 3.00. The Morgan fingerprint density at radius 1 is 1.11 bits per heavy atom. The molecule has 1 N–H and O–H groups in total. The second-order valence-electron chi connectivity index (χ2n) is 8.83. The average molecular weight is 554 g/mol. The summed E-state index contributed by atoms with van der Waals surface area (Å²) >= 11 is 12.3. The molecule has 1 atom stereocenters. The predicted octanol–water partition coefficient (Wildman–Crippen LogP) is 4.25. The van der Waals surface area contributed by atoms with Crippen molar-refractivity contribution in [2.45, 2.75) is 63.6 Å². The maximum absolute atomic E-state index is 13.4. The van der Waals surface area contributed by atoms with Crippen LogP contribution in [0.3, 0.4) is 0 Å². The minimum Gasteiger partial charge on any atom is -0.352 e. The SMILES string of the molecule is CC[C@H](C(=O)NC(C)C)N(Cc1ccc(Cl)cc1Cl)C(=O)CCCN1C(=O)c2ccccc2S1(=O)=O. The topological polar surface area (TPSA) is 104 Å². The van der Waals surface area contributed by atoms with E-state index in [0.29, 0.717) is 22.0 Å². The van der Waals surface area contributed by atoms with E-state index in [-0.39, 0.29) is 54.2 Å². The van der Waals surface area contributed by atoms with Crippen molar-refractivity contribution in [1.82, 2.24) is 14.5 Å². The molecule has 36 heavy (non-hydrogen) atoms. The van der Waals surface area contributed by atoms with Crippen molar-refractivity contribution >= 4 is 50.9 Å². The third-order valence-electron chi connectivity index (χ3n) is 5.84. The van der Waals surface area contributed by atoms with Crippen LogP contribution in [-0.2, 0) is 26.2 Å². The van der Waals surface area contributed by atoms with E-state index in [4.69, 9.17) is 23.2 Å². The number of halogens is 2. The molecular formula is C25H29Cl2N3O5S. The molecule has 0 unspecified atom stereocenters. The van der Waals surface area contributed by atoms with Crippen LogP contribution in [0, 0.1) is 0 Å². The van der Waals surface area contributed by atoms with Gasteiger partial charge in [0.15, 0.2) is 0 Å². The molecule has 2 aromatic rings. The van der Waals surface area contributed by atoms with Crippen molar-refractivity contribution in [3.05, 3.63) is 63.6 Å². The number of benzene rings is 2. The van der Waals surface area contributed by atoms with E-state index >= 15 is 0 Å². The number of hydrogen-bond acceptors (Lipinski definition) is 5. The van der Waals surface area contributed by atoms with Crippen LogP contribution in [0.15, 0.2) is 47.4 Å². The van der Waals surface area contributed by atoms with Crippen LogP contribution in [0.2, 0.25) is 10.0 Å². The first-order valence-electron chi connectivity index (χ1n) is 11.7.